The topological polar surface area (TPSA) is 55.9 Å². The monoisotopic (exact) mass is 300 g/mol. The van der Waals surface area contributed by atoms with Gasteiger partial charge in [0.25, 0.3) is 0 Å². The Morgan fingerprint density at radius 3 is 2.36 bits per heavy atom. The van der Waals surface area contributed by atoms with Gasteiger partial charge in [0.2, 0.25) is 0 Å². The van der Waals surface area contributed by atoms with Crippen molar-refractivity contribution in [2.45, 2.75) is 51.4 Å². The van der Waals surface area contributed by atoms with Crippen LogP contribution in [0.1, 0.15) is 45.3 Å². The lowest BCUT2D eigenvalue weighted by Crippen LogP contribution is -2.60. The van der Waals surface area contributed by atoms with Gasteiger partial charge in [-0.25, -0.2) is 4.79 Å². The van der Waals surface area contributed by atoms with Crippen LogP contribution in [0.2, 0.25) is 0 Å². The van der Waals surface area contributed by atoms with E-state index in [4.69, 9.17) is 9.47 Å². The number of hydrogen-bond donors (Lipinski definition) is 0. The second kappa shape index (κ2) is 3.99. The Morgan fingerprint density at radius 1 is 1.00 bits per heavy atom. The normalized spacial score (nSPS) is 42.1. The molecule has 4 heteroatoms. The molecule has 0 aromatic heterocycles. The molecule has 116 valence electrons. The number of ketones is 1. The minimum atomic E-state index is -0.594. The van der Waals surface area contributed by atoms with E-state index >= 15 is 0 Å². The van der Waals surface area contributed by atoms with Gasteiger partial charge in [-0.1, -0.05) is 51.1 Å². The number of hydrogen-bond acceptors (Lipinski definition) is 4. The molecule has 1 spiro atoms. The highest BCUT2D eigenvalue weighted by atomic mass is 16.7. The molecular weight excluding hydrogens is 280 g/mol. The first-order valence-corrected chi connectivity index (χ1v) is 7.77. The van der Waals surface area contributed by atoms with Crippen molar-refractivity contribution >= 4 is 11.8 Å². The molecule has 2 saturated heterocycles. The summed E-state index contributed by atoms with van der Waals surface area (Å²) in [7, 11) is 0. The van der Waals surface area contributed by atoms with Gasteiger partial charge in [0.05, 0.1) is 0 Å². The van der Waals surface area contributed by atoms with Gasteiger partial charge in [0.15, 0.2) is 6.10 Å². The number of esters is 1. The van der Waals surface area contributed by atoms with E-state index in [1.54, 1.807) is 0 Å². The minimum Gasteiger partial charge on any atom is -0.455 e. The van der Waals surface area contributed by atoms with Crippen molar-refractivity contribution < 1.29 is 19.1 Å². The summed E-state index contributed by atoms with van der Waals surface area (Å²) in [6.07, 6.45) is -0.128. The van der Waals surface area contributed by atoms with Gasteiger partial charge >= 0.3 is 5.97 Å². The third-order valence-corrected chi connectivity index (χ3v) is 5.80. The van der Waals surface area contributed by atoms with E-state index in [2.05, 4.69) is 0 Å². The molecule has 3 fully saturated rings. The summed E-state index contributed by atoms with van der Waals surface area (Å²) in [6.45, 7) is 6.10. The van der Waals surface area contributed by atoms with Crippen LogP contribution in [-0.4, -0.2) is 23.5 Å². The maximum atomic E-state index is 12.4. The van der Waals surface area contributed by atoms with Crippen LogP contribution in [0.3, 0.4) is 0 Å². The fraction of sp³-hybridized carbons (Fsp3) is 0.556. The van der Waals surface area contributed by atoms with Gasteiger partial charge in [-0.15, -0.1) is 0 Å². The van der Waals surface area contributed by atoms with Crippen molar-refractivity contribution in [1.29, 1.82) is 0 Å². The summed E-state index contributed by atoms with van der Waals surface area (Å²) in [4.78, 5) is 24.7. The average molecular weight is 300 g/mol. The summed E-state index contributed by atoms with van der Waals surface area (Å²) in [6, 6.07) is 9.68. The number of cyclic esters (lactones) is 1. The zero-order valence-corrected chi connectivity index (χ0v) is 13.1. The van der Waals surface area contributed by atoms with Gasteiger partial charge in [0.1, 0.15) is 17.5 Å². The lowest BCUT2D eigenvalue weighted by Gasteiger charge is -2.53. The van der Waals surface area contributed by atoms with Gasteiger partial charge < -0.3 is 9.47 Å². The zero-order valence-electron chi connectivity index (χ0n) is 13.1. The van der Waals surface area contributed by atoms with E-state index in [0.717, 1.165) is 5.56 Å². The molecule has 2 aliphatic heterocycles. The SMILES string of the molecule is CC1(C)CC(=O)C[C@@]2(C)[C@H](c3ccccc3)OC(=O)[C@H]3O[C@@]312. The first-order chi connectivity index (χ1) is 10.3. The van der Waals surface area contributed by atoms with Crippen molar-refractivity contribution in [2.75, 3.05) is 0 Å². The summed E-state index contributed by atoms with van der Waals surface area (Å²) in [5.41, 5.74) is -0.554. The molecule has 0 radical (unpaired) electrons. The van der Waals surface area contributed by atoms with Crippen molar-refractivity contribution in [3.8, 4) is 0 Å². The first-order valence-electron chi connectivity index (χ1n) is 7.77. The van der Waals surface area contributed by atoms with Crippen molar-refractivity contribution in [2.24, 2.45) is 10.8 Å². The van der Waals surface area contributed by atoms with Crippen LogP contribution in [0, 0.1) is 10.8 Å². The molecule has 3 aliphatic rings. The Kier molecular flexibility index (Phi) is 2.53. The van der Waals surface area contributed by atoms with E-state index in [9.17, 15) is 9.59 Å². The molecular formula is C18H20O4. The highest BCUT2D eigenvalue weighted by Gasteiger charge is 2.83. The fourth-order valence-corrected chi connectivity index (χ4v) is 4.97. The molecule has 4 nitrogen and oxygen atoms in total. The maximum absolute atomic E-state index is 12.4. The summed E-state index contributed by atoms with van der Waals surface area (Å²) < 4.78 is 11.7. The van der Waals surface area contributed by atoms with Crippen LogP contribution < -0.4 is 0 Å². The van der Waals surface area contributed by atoms with Crippen LogP contribution in [-0.2, 0) is 19.1 Å². The van der Waals surface area contributed by atoms with Crippen molar-refractivity contribution in [3.05, 3.63) is 35.9 Å². The lowest BCUT2D eigenvalue weighted by molar-refractivity contribution is -0.181. The number of carbonyl (C=O) groups excluding carboxylic acids is 2. The van der Waals surface area contributed by atoms with Crippen LogP contribution >= 0.6 is 0 Å². The van der Waals surface area contributed by atoms with E-state index in [1.807, 2.05) is 51.1 Å². The second-order valence-electron chi connectivity index (χ2n) is 7.65. The number of epoxide rings is 1. The summed E-state index contributed by atoms with van der Waals surface area (Å²) in [5.74, 6) is -0.0833. The van der Waals surface area contributed by atoms with E-state index < -0.39 is 23.2 Å². The molecule has 0 amide bonds. The minimum absolute atomic E-state index is 0.214. The number of Topliss-reactive ketones (excluding diaryl/α,β-unsaturated/α-hetero) is 1. The predicted molar refractivity (Wildman–Crippen MR) is 79.0 cm³/mol. The highest BCUT2D eigenvalue weighted by molar-refractivity contribution is 5.87. The molecule has 4 rings (SSSR count). The molecule has 0 unspecified atom stereocenters. The second-order valence-corrected chi connectivity index (χ2v) is 7.65. The van der Waals surface area contributed by atoms with E-state index in [0.29, 0.717) is 12.8 Å². The Morgan fingerprint density at radius 2 is 1.68 bits per heavy atom. The average Bonchev–Trinajstić information content (AvgIpc) is 3.21. The Hall–Kier alpha value is -1.68. The van der Waals surface area contributed by atoms with E-state index in [1.165, 1.54) is 0 Å². The number of rotatable bonds is 1. The predicted octanol–water partition coefficient (Wildman–Crippen LogP) is 2.82. The molecule has 1 saturated carbocycles. The number of ether oxygens (including phenoxy) is 2. The van der Waals surface area contributed by atoms with Crippen molar-refractivity contribution in [1.82, 2.24) is 0 Å². The third-order valence-electron chi connectivity index (χ3n) is 5.80. The quantitative estimate of drug-likeness (QED) is 0.591. The Labute approximate surface area is 129 Å². The smallest absolute Gasteiger partial charge is 0.339 e. The molecule has 4 atom stereocenters. The largest absolute Gasteiger partial charge is 0.455 e. The zero-order chi connectivity index (χ0) is 15.8. The summed E-state index contributed by atoms with van der Waals surface area (Å²) in [5, 5.41) is 0. The van der Waals surface area contributed by atoms with Gasteiger partial charge in [-0.05, 0) is 5.56 Å². The molecule has 1 aromatic rings. The fourth-order valence-electron chi connectivity index (χ4n) is 4.97. The highest BCUT2D eigenvalue weighted by Crippen LogP contribution is 2.71. The number of carbonyl (C=O) groups is 2. The van der Waals surface area contributed by atoms with Crippen LogP contribution in [0.15, 0.2) is 30.3 Å². The van der Waals surface area contributed by atoms with Crippen LogP contribution in [0.25, 0.3) is 0 Å². The van der Waals surface area contributed by atoms with Gasteiger partial charge in [-0.3, -0.25) is 4.79 Å². The molecule has 0 bridgehead atoms. The standard InChI is InChI=1S/C18H20O4/c1-16(2)9-12(19)10-17(3)13(11-7-5-4-6-8-11)21-15(20)14-18(16,17)22-14/h4-8,13-14H,9-10H2,1-3H3/t13-,14+,17-,18-/m0/s1. The van der Waals surface area contributed by atoms with Gasteiger partial charge in [0, 0.05) is 23.7 Å². The van der Waals surface area contributed by atoms with Crippen LogP contribution in [0.5, 0.6) is 0 Å². The molecule has 22 heavy (non-hydrogen) atoms. The first kappa shape index (κ1) is 13.9. The molecule has 1 aromatic carbocycles. The molecule has 2 heterocycles. The maximum Gasteiger partial charge on any atom is 0.339 e. The Balaban J connectivity index is 1.88. The van der Waals surface area contributed by atoms with Crippen molar-refractivity contribution in [3.63, 3.8) is 0 Å². The van der Waals surface area contributed by atoms with Crippen LogP contribution in [0.4, 0.5) is 0 Å². The lowest BCUT2D eigenvalue weighted by atomic mass is 9.51. The Bertz CT molecular complexity index is 665. The molecule has 1 aliphatic carbocycles. The van der Waals surface area contributed by atoms with E-state index in [-0.39, 0.29) is 17.2 Å². The number of benzene rings is 1. The van der Waals surface area contributed by atoms with Gasteiger partial charge in [-0.2, -0.15) is 0 Å². The third kappa shape index (κ3) is 1.46. The summed E-state index contributed by atoms with van der Waals surface area (Å²) >= 11 is 0. The molecule has 0 N–H and O–H groups in total.